The summed E-state index contributed by atoms with van der Waals surface area (Å²) in [6.45, 7) is 2.51. The van der Waals surface area contributed by atoms with E-state index < -0.39 is 0 Å². The predicted octanol–water partition coefficient (Wildman–Crippen LogP) is 1.16. The van der Waals surface area contributed by atoms with Gasteiger partial charge in [-0.05, 0) is 37.5 Å². The Morgan fingerprint density at radius 2 is 2.29 bits per heavy atom. The van der Waals surface area contributed by atoms with Gasteiger partial charge in [-0.3, -0.25) is 4.79 Å². The minimum Gasteiger partial charge on any atom is -0.352 e. The van der Waals surface area contributed by atoms with Crippen LogP contribution in [0.1, 0.15) is 22.5 Å². The van der Waals surface area contributed by atoms with E-state index in [4.69, 9.17) is 5.84 Å². The van der Waals surface area contributed by atoms with Crippen molar-refractivity contribution in [2.75, 3.05) is 24.0 Å². The fourth-order valence-corrected chi connectivity index (χ4v) is 1.83. The van der Waals surface area contributed by atoms with Crippen LogP contribution < -0.4 is 16.6 Å². The fourth-order valence-electron chi connectivity index (χ4n) is 1.39. The molecule has 4 N–H and O–H groups in total. The highest BCUT2D eigenvalue weighted by atomic mass is 32.2. The minimum atomic E-state index is -0.0897. The molecule has 0 atom stereocenters. The summed E-state index contributed by atoms with van der Waals surface area (Å²) < 4.78 is 0. The average molecular weight is 254 g/mol. The van der Waals surface area contributed by atoms with E-state index in [9.17, 15) is 4.79 Å². The van der Waals surface area contributed by atoms with Gasteiger partial charge in [0.15, 0.2) is 0 Å². The highest BCUT2D eigenvalue weighted by molar-refractivity contribution is 7.98. The third kappa shape index (κ3) is 4.62. The number of aromatic nitrogens is 1. The van der Waals surface area contributed by atoms with E-state index in [1.807, 2.05) is 13.2 Å². The van der Waals surface area contributed by atoms with Crippen LogP contribution in [0.2, 0.25) is 0 Å². The van der Waals surface area contributed by atoms with Crippen molar-refractivity contribution >= 4 is 23.5 Å². The molecule has 0 fully saturated rings. The number of rotatable bonds is 6. The van der Waals surface area contributed by atoms with Crippen LogP contribution >= 0.6 is 11.8 Å². The molecule has 0 saturated heterocycles. The molecular weight excluding hydrogens is 236 g/mol. The number of aryl methyl sites for hydroxylation is 1. The number of nitrogen functional groups attached to an aromatic ring is 1. The zero-order valence-corrected chi connectivity index (χ0v) is 10.9. The van der Waals surface area contributed by atoms with Gasteiger partial charge in [-0.15, -0.1) is 0 Å². The Kier molecular flexibility index (Phi) is 5.79. The van der Waals surface area contributed by atoms with Crippen molar-refractivity contribution in [3.05, 3.63) is 23.4 Å². The Labute approximate surface area is 106 Å². The number of thioether (sulfide) groups is 1. The molecule has 6 heteroatoms. The maximum absolute atomic E-state index is 11.8. The quantitative estimate of drug-likeness (QED) is 0.403. The maximum atomic E-state index is 11.8. The van der Waals surface area contributed by atoms with E-state index in [1.54, 1.807) is 23.9 Å². The summed E-state index contributed by atoms with van der Waals surface area (Å²) in [7, 11) is 0. The number of hydrogen-bond donors (Lipinski definition) is 3. The number of hydrazine groups is 1. The lowest BCUT2D eigenvalue weighted by atomic mass is 10.2. The molecule has 1 rings (SSSR count). The van der Waals surface area contributed by atoms with Gasteiger partial charge in [0.2, 0.25) is 0 Å². The van der Waals surface area contributed by atoms with Gasteiger partial charge >= 0.3 is 0 Å². The van der Waals surface area contributed by atoms with Crippen molar-refractivity contribution in [2.24, 2.45) is 5.84 Å². The van der Waals surface area contributed by atoms with Crippen LogP contribution in [-0.2, 0) is 0 Å². The zero-order chi connectivity index (χ0) is 12.7. The Balaban J connectivity index is 2.59. The molecule has 0 bridgehead atoms. The minimum absolute atomic E-state index is 0.0897. The van der Waals surface area contributed by atoms with Gasteiger partial charge in [0, 0.05) is 17.8 Å². The van der Waals surface area contributed by atoms with Crippen molar-refractivity contribution in [3.8, 4) is 0 Å². The Morgan fingerprint density at radius 3 is 2.94 bits per heavy atom. The van der Waals surface area contributed by atoms with E-state index in [-0.39, 0.29) is 5.91 Å². The van der Waals surface area contributed by atoms with Crippen LogP contribution in [0.5, 0.6) is 0 Å². The molecule has 0 aliphatic rings. The van der Waals surface area contributed by atoms with E-state index in [2.05, 4.69) is 15.7 Å². The maximum Gasteiger partial charge on any atom is 0.251 e. The van der Waals surface area contributed by atoms with Crippen molar-refractivity contribution in [1.82, 2.24) is 10.3 Å². The molecule has 0 unspecified atom stereocenters. The topological polar surface area (TPSA) is 80.0 Å². The van der Waals surface area contributed by atoms with E-state index in [0.29, 0.717) is 17.9 Å². The van der Waals surface area contributed by atoms with Gasteiger partial charge in [-0.2, -0.15) is 11.8 Å². The van der Waals surface area contributed by atoms with E-state index in [1.165, 1.54) is 0 Å². The van der Waals surface area contributed by atoms with Crippen molar-refractivity contribution in [2.45, 2.75) is 13.3 Å². The smallest absolute Gasteiger partial charge is 0.251 e. The first-order valence-electron chi connectivity index (χ1n) is 5.40. The first-order chi connectivity index (χ1) is 8.17. The third-order valence-electron chi connectivity index (χ3n) is 2.17. The standard InChI is InChI=1S/C11H18N4OS/c1-8-6-9(7-10(14-8)15-12)11(16)13-4-3-5-17-2/h6-7H,3-5,12H2,1-2H3,(H,13,16)(H,14,15). The van der Waals surface area contributed by atoms with Crippen molar-refractivity contribution < 1.29 is 4.79 Å². The first-order valence-corrected chi connectivity index (χ1v) is 6.79. The molecule has 5 nitrogen and oxygen atoms in total. The van der Waals surface area contributed by atoms with Crippen LogP contribution in [0.4, 0.5) is 5.82 Å². The second-order valence-electron chi connectivity index (χ2n) is 3.63. The highest BCUT2D eigenvalue weighted by Gasteiger charge is 2.07. The molecule has 17 heavy (non-hydrogen) atoms. The van der Waals surface area contributed by atoms with Crippen LogP contribution in [0.15, 0.2) is 12.1 Å². The number of nitrogens with one attached hydrogen (secondary N) is 2. The summed E-state index contributed by atoms with van der Waals surface area (Å²) >= 11 is 1.77. The Bertz CT molecular complexity index is 384. The van der Waals surface area contributed by atoms with Gasteiger partial charge in [0.05, 0.1) is 0 Å². The molecule has 0 radical (unpaired) electrons. The molecule has 1 aromatic heterocycles. The van der Waals surface area contributed by atoms with Crippen LogP contribution in [0.3, 0.4) is 0 Å². The molecule has 1 heterocycles. The van der Waals surface area contributed by atoms with Crippen molar-refractivity contribution in [3.63, 3.8) is 0 Å². The Morgan fingerprint density at radius 1 is 1.53 bits per heavy atom. The van der Waals surface area contributed by atoms with Gasteiger partial charge < -0.3 is 10.7 Å². The number of carbonyl (C=O) groups is 1. The summed E-state index contributed by atoms with van der Waals surface area (Å²) in [5, 5.41) is 2.86. The molecule has 1 aromatic rings. The van der Waals surface area contributed by atoms with Crippen molar-refractivity contribution in [1.29, 1.82) is 0 Å². The van der Waals surface area contributed by atoms with Crippen LogP contribution in [-0.4, -0.2) is 29.4 Å². The van der Waals surface area contributed by atoms with E-state index in [0.717, 1.165) is 17.9 Å². The molecule has 0 aromatic carbocycles. The summed E-state index contributed by atoms with van der Waals surface area (Å²) in [6, 6.07) is 3.38. The number of hydrogen-bond acceptors (Lipinski definition) is 5. The second kappa shape index (κ2) is 7.13. The Hall–Kier alpha value is -1.27. The number of anilines is 1. The summed E-state index contributed by atoms with van der Waals surface area (Å²) in [5.41, 5.74) is 3.78. The number of nitrogens with two attached hydrogens (primary N) is 1. The second-order valence-corrected chi connectivity index (χ2v) is 4.61. The monoisotopic (exact) mass is 254 g/mol. The summed E-state index contributed by atoms with van der Waals surface area (Å²) in [4.78, 5) is 15.9. The van der Waals surface area contributed by atoms with E-state index >= 15 is 0 Å². The molecule has 1 amide bonds. The first kappa shape index (κ1) is 13.8. The summed E-state index contributed by atoms with van der Waals surface area (Å²) in [5.74, 6) is 6.74. The number of carbonyl (C=O) groups excluding carboxylic acids is 1. The number of nitrogens with zero attached hydrogens (tertiary/aromatic N) is 1. The number of pyridine rings is 1. The summed E-state index contributed by atoms with van der Waals surface area (Å²) in [6.07, 6.45) is 3.02. The van der Waals surface area contributed by atoms with Gasteiger partial charge in [0.1, 0.15) is 5.82 Å². The van der Waals surface area contributed by atoms with Gasteiger partial charge in [-0.1, -0.05) is 0 Å². The lowest BCUT2D eigenvalue weighted by molar-refractivity contribution is 0.0953. The van der Waals surface area contributed by atoms with Gasteiger partial charge in [0.25, 0.3) is 5.91 Å². The average Bonchev–Trinajstić information content (AvgIpc) is 2.33. The van der Waals surface area contributed by atoms with Crippen LogP contribution in [0, 0.1) is 6.92 Å². The van der Waals surface area contributed by atoms with Crippen LogP contribution in [0.25, 0.3) is 0 Å². The third-order valence-corrected chi connectivity index (χ3v) is 2.87. The molecular formula is C11H18N4OS. The highest BCUT2D eigenvalue weighted by Crippen LogP contribution is 2.08. The molecule has 0 saturated carbocycles. The lowest BCUT2D eigenvalue weighted by Gasteiger charge is -2.07. The molecule has 0 spiro atoms. The molecule has 0 aliphatic heterocycles. The molecule has 94 valence electrons. The largest absolute Gasteiger partial charge is 0.352 e. The number of amides is 1. The normalized spacial score (nSPS) is 10.1. The zero-order valence-electron chi connectivity index (χ0n) is 10.1. The predicted molar refractivity (Wildman–Crippen MR) is 72.1 cm³/mol. The lowest BCUT2D eigenvalue weighted by Crippen LogP contribution is -2.25. The molecule has 0 aliphatic carbocycles. The fraction of sp³-hybridized carbons (Fsp3) is 0.455. The van der Waals surface area contributed by atoms with Gasteiger partial charge in [-0.25, -0.2) is 10.8 Å². The SMILES string of the molecule is CSCCCNC(=O)c1cc(C)nc(NN)c1.